The van der Waals surface area contributed by atoms with Crippen molar-refractivity contribution in [3.05, 3.63) is 0 Å². The third kappa shape index (κ3) is 4.27. The maximum atomic E-state index is 12.3. The first-order valence-electron chi connectivity index (χ1n) is 7.83. The Kier molecular flexibility index (Phi) is 6.49. The first-order chi connectivity index (χ1) is 10.2. The predicted molar refractivity (Wildman–Crippen MR) is 81.5 cm³/mol. The van der Waals surface area contributed by atoms with Gasteiger partial charge < -0.3 is 21.5 Å². The molecule has 1 aliphatic carbocycles. The third-order valence-corrected chi connectivity index (χ3v) is 4.31. The van der Waals surface area contributed by atoms with E-state index in [0.29, 0.717) is 6.42 Å². The molecule has 4 atom stereocenters. The van der Waals surface area contributed by atoms with Crippen LogP contribution in [0.5, 0.6) is 0 Å². The average molecular weight is 313 g/mol. The monoisotopic (exact) mass is 313 g/mol. The van der Waals surface area contributed by atoms with Crippen molar-refractivity contribution in [3.8, 4) is 0 Å². The lowest BCUT2D eigenvalue weighted by atomic mass is 9.72. The summed E-state index contributed by atoms with van der Waals surface area (Å²) in [5, 5.41) is 2.39. The summed E-state index contributed by atoms with van der Waals surface area (Å²) in [6.07, 6.45) is 4.00. The van der Waals surface area contributed by atoms with Gasteiger partial charge in [0.25, 0.3) is 0 Å². The quantitative estimate of drug-likeness (QED) is 0.492. The predicted octanol–water partition coefficient (Wildman–Crippen LogP) is 0.206. The second-order valence-corrected chi connectivity index (χ2v) is 6.12. The highest BCUT2D eigenvalue weighted by atomic mass is 16.6. The average Bonchev–Trinajstić information content (AvgIpc) is 2.47. The second kappa shape index (κ2) is 7.69. The molecule has 0 aromatic carbocycles. The Morgan fingerprint density at radius 1 is 1.32 bits per heavy atom. The zero-order valence-electron chi connectivity index (χ0n) is 13.6. The van der Waals surface area contributed by atoms with Crippen molar-refractivity contribution in [2.45, 2.75) is 70.5 Å². The molecule has 0 radical (unpaired) electrons. The Morgan fingerprint density at radius 3 is 2.50 bits per heavy atom. The number of carbonyl (C=O) groups is 3. The molecule has 0 spiro atoms. The van der Waals surface area contributed by atoms with Crippen molar-refractivity contribution >= 4 is 17.8 Å². The summed E-state index contributed by atoms with van der Waals surface area (Å²) in [7, 11) is 0. The van der Waals surface area contributed by atoms with Gasteiger partial charge >= 0.3 is 11.9 Å². The van der Waals surface area contributed by atoms with Crippen LogP contribution in [0.2, 0.25) is 0 Å². The van der Waals surface area contributed by atoms with Crippen LogP contribution >= 0.6 is 0 Å². The zero-order chi connectivity index (χ0) is 16.9. The number of carbonyl (C=O) groups excluding carboxylic acids is 3. The number of rotatable bonds is 5. The van der Waals surface area contributed by atoms with Gasteiger partial charge in [0.1, 0.15) is 11.6 Å². The molecule has 1 saturated carbocycles. The van der Waals surface area contributed by atoms with Crippen LogP contribution in [0.4, 0.5) is 0 Å². The fourth-order valence-electron chi connectivity index (χ4n) is 2.79. The molecule has 0 bridgehead atoms. The van der Waals surface area contributed by atoms with E-state index in [1.165, 1.54) is 13.8 Å². The van der Waals surface area contributed by atoms with Gasteiger partial charge in [0.05, 0.1) is 6.04 Å². The first-order valence-corrected chi connectivity index (χ1v) is 7.83. The summed E-state index contributed by atoms with van der Waals surface area (Å²) >= 11 is 0. The van der Waals surface area contributed by atoms with E-state index < -0.39 is 35.5 Å². The van der Waals surface area contributed by atoms with Gasteiger partial charge in [-0.2, -0.15) is 0 Å². The van der Waals surface area contributed by atoms with E-state index in [9.17, 15) is 14.4 Å². The van der Waals surface area contributed by atoms with E-state index in [-0.39, 0.29) is 5.92 Å². The summed E-state index contributed by atoms with van der Waals surface area (Å²) in [5.74, 6) is -1.99. The van der Waals surface area contributed by atoms with Crippen molar-refractivity contribution in [3.63, 3.8) is 0 Å². The normalized spacial score (nSPS) is 27.6. The van der Waals surface area contributed by atoms with Crippen LogP contribution in [-0.2, 0) is 19.1 Å². The van der Waals surface area contributed by atoms with Gasteiger partial charge in [-0.3, -0.25) is 4.79 Å². The number of hydrogen-bond acceptors (Lipinski definition) is 6. The lowest BCUT2D eigenvalue weighted by Gasteiger charge is -2.38. The van der Waals surface area contributed by atoms with Crippen LogP contribution in [-0.4, -0.2) is 35.5 Å². The maximum Gasteiger partial charge on any atom is 0.336 e. The van der Waals surface area contributed by atoms with Crippen LogP contribution in [0.1, 0.15) is 52.9 Å². The standard InChI is InChI=1S/C15H27N3O4/c1-4-11-7-5-6-8-15(11,17)14(21)22-13(20)10(3)18-12(19)9(2)16/h9-11H,4-8,16-17H2,1-3H3,(H,18,19)/t9-,10-,11?,15?/m0/s1. The van der Waals surface area contributed by atoms with Crippen molar-refractivity contribution in [2.24, 2.45) is 17.4 Å². The fourth-order valence-corrected chi connectivity index (χ4v) is 2.79. The highest BCUT2D eigenvalue weighted by Gasteiger charge is 2.45. The molecule has 126 valence electrons. The second-order valence-electron chi connectivity index (χ2n) is 6.12. The molecule has 0 saturated heterocycles. The Morgan fingerprint density at radius 2 is 1.95 bits per heavy atom. The van der Waals surface area contributed by atoms with Crippen LogP contribution < -0.4 is 16.8 Å². The molecule has 7 heteroatoms. The molecule has 1 aliphatic rings. The van der Waals surface area contributed by atoms with Gasteiger partial charge in [-0.25, -0.2) is 9.59 Å². The van der Waals surface area contributed by atoms with Gasteiger partial charge in [0, 0.05) is 0 Å². The van der Waals surface area contributed by atoms with E-state index >= 15 is 0 Å². The summed E-state index contributed by atoms with van der Waals surface area (Å²) in [5.41, 5.74) is 10.5. The number of nitrogens with two attached hydrogens (primary N) is 2. The minimum Gasteiger partial charge on any atom is -0.390 e. The van der Waals surface area contributed by atoms with Crippen molar-refractivity contribution in [2.75, 3.05) is 0 Å². The number of hydrogen-bond donors (Lipinski definition) is 3. The Labute approximate surface area is 131 Å². The van der Waals surface area contributed by atoms with Crippen LogP contribution in [0, 0.1) is 5.92 Å². The molecule has 5 N–H and O–H groups in total. The highest BCUT2D eigenvalue weighted by Crippen LogP contribution is 2.35. The minimum atomic E-state index is -1.12. The summed E-state index contributed by atoms with van der Waals surface area (Å²) in [4.78, 5) is 35.7. The molecule has 0 heterocycles. The largest absolute Gasteiger partial charge is 0.390 e. The smallest absolute Gasteiger partial charge is 0.336 e. The lowest BCUT2D eigenvalue weighted by molar-refractivity contribution is -0.168. The Hall–Kier alpha value is -1.47. The summed E-state index contributed by atoms with van der Waals surface area (Å²) in [6.45, 7) is 4.91. The molecule has 0 aliphatic heterocycles. The fraction of sp³-hybridized carbons (Fsp3) is 0.800. The summed E-state index contributed by atoms with van der Waals surface area (Å²) < 4.78 is 4.91. The van der Waals surface area contributed by atoms with E-state index in [1.54, 1.807) is 0 Å². The number of nitrogens with one attached hydrogen (secondary N) is 1. The molecule has 0 aromatic rings. The van der Waals surface area contributed by atoms with Crippen LogP contribution in [0.25, 0.3) is 0 Å². The molecular weight excluding hydrogens is 286 g/mol. The molecule has 2 unspecified atom stereocenters. The third-order valence-electron chi connectivity index (χ3n) is 4.31. The maximum absolute atomic E-state index is 12.3. The number of esters is 2. The molecular formula is C15H27N3O4. The number of amides is 1. The molecule has 1 amide bonds. The topological polar surface area (TPSA) is 125 Å². The molecule has 22 heavy (non-hydrogen) atoms. The van der Waals surface area contributed by atoms with Gasteiger partial charge in [-0.05, 0) is 32.6 Å². The molecule has 7 nitrogen and oxygen atoms in total. The van der Waals surface area contributed by atoms with Gasteiger partial charge in [-0.1, -0.05) is 26.2 Å². The molecule has 1 rings (SSSR count). The van der Waals surface area contributed by atoms with Gasteiger partial charge in [0.15, 0.2) is 0 Å². The first kappa shape index (κ1) is 18.6. The van der Waals surface area contributed by atoms with E-state index in [2.05, 4.69) is 5.32 Å². The Balaban J connectivity index is 2.66. The molecule has 1 fully saturated rings. The SMILES string of the molecule is CCC1CCCCC1(N)C(=O)OC(=O)[C@H](C)NC(=O)[C@H](C)N. The highest BCUT2D eigenvalue weighted by molar-refractivity contribution is 5.95. The van der Waals surface area contributed by atoms with Gasteiger partial charge in [-0.15, -0.1) is 0 Å². The van der Waals surface area contributed by atoms with E-state index in [4.69, 9.17) is 16.2 Å². The van der Waals surface area contributed by atoms with E-state index in [1.807, 2.05) is 6.92 Å². The Bertz CT molecular complexity index is 439. The van der Waals surface area contributed by atoms with Gasteiger partial charge in [0.2, 0.25) is 5.91 Å². The van der Waals surface area contributed by atoms with Crippen molar-refractivity contribution < 1.29 is 19.1 Å². The lowest BCUT2D eigenvalue weighted by Crippen LogP contribution is -2.57. The van der Waals surface area contributed by atoms with Crippen LogP contribution in [0.15, 0.2) is 0 Å². The van der Waals surface area contributed by atoms with Crippen LogP contribution in [0.3, 0.4) is 0 Å². The molecule has 0 aromatic heterocycles. The number of ether oxygens (including phenoxy) is 1. The van der Waals surface area contributed by atoms with E-state index in [0.717, 1.165) is 25.7 Å². The minimum absolute atomic E-state index is 0.00973. The van der Waals surface area contributed by atoms with Crippen molar-refractivity contribution in [1.82, 2.24) is 5.32 Å². The summed E-state index contributed by atoms with van der Waals surface area (Å²) in [6, 6.07) is -1.69. The zero-order valence-corrected chi connectivity index (χ0v) is 13.6. The van der Waals surface area contributed by atoms with Crippen molar-refractivity contribution in [1.29, 1.82) is 0 Å².